The van der Waals surface area contributed by atoms with Crippen LogP contribution in [0.15, 0.2) is 53.6 Å². The van der Waals surface area contributed by atoms with Crippen molar-refractivity contribution in [3.63, 3.8) is 0 Å². The highest BCUT2D eigenvalue weighted by Crippen LogP contribution is 2.17. The minimum atomic E-state index is -0.970. The van der Waals surface area contributed by atoms with E-state index in [0.717, 1.165) is 16.9 Å². The van der Waals surface area contributed by atoms with Gasteiger partial charge in [-0.25, -0.2) is 10.2 Å². The molecule has 0 heterocycles. The van der Waals surface area contributed by atoms with Gasteiger partial charge in [0.25, 0.3) is 0 Å². The number of thioether (sulfide) groups is 1. The van der Waals surface area contributed by atoms with Crippen LogP contribution in [0.1, 0.15) is 23.6 Å². The van der Waals surface area contributed by atoms with Crippen LogP contribution in [0.2, 0.25) is 5.02 Å². The molecular weight excluding hydrogens is 372 g/mol. The van der Waals surface area contributed by atoms with Crippen LogP contribution in [0.4, 0.5) is 0 Å². The summed E-state index contributed by atoms with van der Waals surface area (Å²) in [7, 11) is 0. The summed E-state index contributed by atoms with van der Waals surface area (Å²) in [6.07, 6.45) is 2.04. The number of rotatable bonds is 6. The van der Waals surface area contributed by atoms with Gasteiger partial charge in [-0.05, 0) is 30.9 Å². The Bertz CT molecular complexity index is 789. The first-order valence-corrected chi connectivity index (χ1v) is 9.71. The molecule has 136 valence electrons. The number of benzene rings is 2. The Morgan fingerprint density at radius 2 is 1.65 bits per heavy atom. The monoisotopic (exact) mass is 390 g/mol. The van der Waals surface area contributed by atoms with Crippen LogP contribution in [0.3, 0.4) is 0 Å². The third kappa shape index (κ3) is 5.61. The number of carbonyl (C=O) groups excluding carboxylic acids is 2. The summed E-state index contributed by atoms with van der Waals surface area (Å²) in [5, 5.41) is 4.74. The van der Waals surface area contributed by atoms with Crippen molar-refractivity contribution < 1.29 is 14.3 Å². The highest BCUT2D eigenvalue weighted by Gasteiger charge is 2.15. The maximum atomic E-state index is 11.8. The molecule has 2 aromatic rings. The smallest absolute Gasteiger partial charge is 0.398 e. The third-order valence-electron chi connectivity index (χ3n) is 3.39. The molecule has 0 bridgehead atoms. The van der Waals surface area contributed by atoms with Gasteiger partial charge in [0, 0.05) is 21.9 Å². The molecule has 1 N–H and O–H groups in total. The molecule has 26 heavy (non-hydrogen) atoms. The van der Waals surface area contributed by atoms with Crippen LogP contribution in [-0.4, -0.2) is 30.5 Å². The van der Waals surface area contributed by atoms with E-state index in [9.17, 15) is 9.59 Å². The summed E-state index contributed by atoms with van der Waals surface area (Å²) in [5.74, 6) is -0.979. The summed E-state index contributed by atoms with van der Waals surface area (Å²) in [6, 6.07) is 14.9. The lowest BCUT2D eigenvalue weighted by Gasteiger charge is -2.09. The maximum absolute atomic E-state index is 11.8. The second-order valence-electron chi connectivity index (χ2n) is 5.26. The van der Waals surface area contributed by atoms with Crippen LogP contribution in [-0.2, 0) is 20.1 Å². The van der Waals surface area contributed by atoms with E-state index in [1.54, 1.807) is 43.0 Å². The van der Waals surface area contributed by atoms with Gasteiger partial charge in [0.05, 0.1) is 12.3 Å². The molecule has 0 aliphatic heterocycles. The molecule has 0 saturated carbocycles. The SMILES string of the molecule is CCOC(=O)C(=O)N/N=C(\c1ccc(Cl)cc1)c1ccc(CSC)cc1. The second-order valence-corrected chi connectivity index (χ2v) is 6.56. The van der Waals surface area contributed by atoms with Crippen molar-refractivity contribution in [2.24, 2.45) is 5.10 Å². The van der Waals surface area contributed by atoms with Crippen molar-refractivity contribution in [1.29, 1.82) is 0 Å². The van der Waals surface area contributed by atoms with Crippen molar-refractivity contribution in [3.8, 4) is 0 Å². The highest BCUT2D eigenvalue weighted by atomic mass is 35.5. The van der Waals surface area contributed by atoms with Gasteiger partial charge in [-0.3, -0.25) is 4.79 Å². The molecule has 0 aromatic heterocycles. The minimum absolute atomic E-state index is 0.122. The molecule has 2 rings (SSSR count). The van der Waals surface area contributed by atoms with Gasteiger partial charge in [0.1, 0.15) is 0 Å². The number of hydrazone groups is 1. The summed E-state index contributed by atoms with van der Waals surface area (Å²) in [4.78, 5) is 23.2. The van der Waals surface area contributed by atoms with E-state index in [1.165, 1.54) is 5.56 Å². The fourth-order valence-corrected chi connectivity index (χ4v) is 2.83. The average molecular weight is 391 g/mol. The fourth-order valence-electron chi connectivity index (χ4n) is 2.18. The largest absolute Gasteiger partial charge is 0.459 e. The zero-order valence-corrected chi connectivity index (χ0v) is 16.1. The molecule has 0 fully saturated rings. The number of hydrogen-bond donors (Lipinski definition) is 1. The summed E-state index contributed by atoms with van der Waals surface area (Å²) >= 11 is 7.68. The Morgan fingerprint density at radius 1 is 1.08 bits per heavy atom. The van der Waals surface area contributed by atoms with Crippen molar-refractivity contribution >= 4 is 41.0 Å². The molecule has 2 aromatic carbocycles. The summed E-state index contributed by atoms with van der Waals surface area (Å²) < 4.78 is 4.67. The third-order valence-corrected chi connectivity index (χ3v) is 4.26. The minimum Gasteiger partial charge on any atom is -0.459 e. The molecule has 0 saturated heterocycles. The average Bonchev–Trinajstić information content (AvgIpc) is 2.64. The van der Waals surface area contributed by atoms with Gasteiger partial charge < -0.3 is 4.74 Å². The van der Waals surface area contributed by atoms with E-state index >= 15 is 0 Å². The number of amides is 1. The molecule has 0 aliphatic rings. The standard InChI is InChI=1S/C19H19ClN2O3S/c1-3-25-19(24)18(23)22-21-17(15-8-10-16(20)11-9-15)14-6-4-13(5-7-14)12-26-2/h4-11H,3,12H2,1-2H3,(H,22,23)/b21-17-. The molecular formula is C19H19ClN2O3S. The Labute approximate surface area is 161 Å². The van der Waals surface area contributed by atoms with Gasteiger partial charge in [-0.1, -0.05) is 48.0 Å². The first kappa shape index (κ1) is 20.0. The number of ether oxygens (including phenoxy) is 1. The molecule has 0 aliphatic carbocycles. The zero-order valence-electron chi connectivity index (χ0n) is 14.5. The molecule has 0 unspecified atom stereocenters. The van der Waals surface area contributed by atoms with E-state index in [4.69, 9.17) is 11.6 Å². The van der Waals surface area contributed by atoms with Gasteiger partial charge in [-0.15, -0.1) is 0 Å². The van der Waals surface area contributed by atoms with Crippen LogP contribution >= 0.6 is 23.4 Å². The fraction of sp³-hybridized carbons (Fsp3) is 0.211. The van der Waals surface area contributed by atoms with E-state index in [1.807, 2.05) is 30.5 Å². The summed E-state index contributed by atoms with van der Waals surface area (Å²) in [6.45, 7) is 1.75. The van der Waals surface area contributed by atoms with Crippen molar-refractivity contribution in [2.75, 3.05) is 12.9 Å². The first-order chi connectivity index (χ1) is 12.5. The summed E-state index contributed by atoms with van der Waals surface area (Å²) in [5.41, 5.74) is 5.53. The Balaban J connectivity index is 2.32. The number of esters is 1. The molecule has 0 atom stereocenters. The van der Waals surface area contributed by atoms with Gasteiger partial charge in [0.15, 0.2) is 0 Å². The van der Waals surface area contributed by atoms with Gasteiger partial charge >= 0.3 is 11.9 Å². The van der Waals surface area contributed by atoms with Crippen LogP contribution in [0, 0.1) is 0 Å². The van der Waals surface area contributed by atoms with Crippen molar-refractivity contribution in [3.05, 3.63) is 70.2 Å². The number of carbonyl (C=O) groups is 2. The van der Waals surface area contributed by atoms with Gasteiger partial charge in [0.2, 0.25) is 0 Å². The lowest BCUT2D eigenvalue weighted by molar-refractivity contribution is -0.154. The topological polar surface area (TPSA) is 67.8 Å². The quantitative estimate of drug-likeness (QED) is 0.354. The normalized spacial score (nSPS) is 11.1. The van der Waals surface area contributed by atoms with Crippen molar-refractivity contribution in [1.82, 2.24) is 5.43 Å². The van der Waals surface area contributed by atoms with E-state index in [0.29, 0.717) is 10.7 Å². The Kier molecular flexibility index (Phi) is 7.69. The zero-order chi connectivity index (χ0) is 18.9. The van der Waals surface area contributed by atoms with Crippen molar-refractivity contribution in [2.45, 2.75) is 12.7 Å². The lowest BCUT2D eigenvalue weighted by Crippen LogP contribution is -2.30. The van der Waals surface area contributed by atoms with Crippen LogP contribution < -0.4 is 5.43 Å². The molecule has 0 radical (unpaired) electrons. The van der Waals surface area contributed by atoms with E-state index in [2.05, 4.69) is 15.3 Å². The number of hydrogen-bond acceptors (Lipinski definition) is 5. The lowest BCUT2D eigenvalue weighted by atomic mass is 10.0. The number of nitrogens with one attached hydrogen (secondary N) is 1. The molecule has 0 spiro atoms. The van der Waals surface area contributed by atoms with E-state index < -0.39 is 11.9 Å². The van der Waals surface area contributed by atoms with E-state index in [-0.39, 0.29) is 6.61 Å². The van der Waals surface area contributed by atoms with Gasteiger partial charge in [-0.2, -0.15) is 16.9 Å². The predicted octanol–water partition coefficient (Wildman–Crippen LogP) is 3.63. The number of nitrogens with zero attached hydrogens (tertiary/aromatic N) is 1. The second kappa shape index (κ2) is 9.99. The molecule has 7 heteroatoms. The van der Waals surface area contributed by atoms with Crippen LogP contribution in [0.5, 0.6) is 0 Å². The highest BCUT2D eigenvalue weighted by molar-refractivity contribution is 7.97. The molecule has 5 nitrogen and oxygen atoms in total. The van der Waals surface area contributed by atoms with Crippen LogP contribution in [0.25, 0.3) is 0 Å². The Morgan fingerprint density at radius 3 is 2.19 bits per heavy atom. The maximum Gasteiger partial charge on any atom is 0.398 e. The Hall–Kier alpha value is -2.31. The first-order valence-electron chi connectivity index (χ1n) is 7.94. The number of halogens is 1. The molecule has 1 amide bonds. The predicted molar refractivity (Wildman–Crippen MR) is 106 cm³/mol.